The largest absolute Gasteiger partial charge is 0.309 e. The summed E-state index contributed by atoms with van der Waals surface area (Å²) in [4.78, 5) is 19.3. The summed E-state index contributed by atoms with van der Waals surface area (Å²) in [6, 6.07) is 52.5. The van der Waals surface area contributed by atoms with E-state index in [0.717, 1.165) is 83.6 Å². The Hall–Kier alpha value is -6.92. The first-order valence-corrected chi connectivity index (χ1v) is 16.6. The summed E-state index contributed by atoms with van der Waals surface area (Å²) in [5, 5.41) is 3.47. The van der Waals surface area contributed by atoms with Crippen molar-refractivity contribution in [3.8, 4) is 45.3 Å². The normalized spacial score (nSPS) is 11.6. The molecule has 0 saturated carbocycles. The summed E-state index contributed by atoms with van der Waals surface area (Å²) in [6.45, 7) is 0. The van der Waals surface area contributed by atoms with Crippen molar-refractivity contribution in [3.05, 3.63) is 170 Å². The number of rotatable bonds is 5. The fourth-order valence-electron chi connectivity index (χ4n) is 7.22. The standard InChI is InChI=1S/C44H28N6/c1-3-17-40-33(11-1)35-28-45-26-24-42(35)50(40)32-10-5-9-30(27-32)37-14-7-16-39(48-37)38-15-6-13-36(47-38)29-20-22-31(23-21-29)49-41-18-4-2-12-34(41)44-43(49)19-8-25-46-44/h1-28H. The van der Waals surface area contributed by atoms with E-state index in [1.165, 1.54) is 5.39 Å². The van der Waals surface area contributed by atoms with Crippen LogP contribution < -0.4 is 0 Å². The molecule has 0 spiro atoms. The van der Waals surface area contributed by atoms with Crippen LogP contribution in [0.25, 0.3) is 89.0 Å². The fourth-order valence-corrected chi connectivity index (χ4v) is 7.22. The lowest BCUT2D eigenvalue weighted by atomic mass is 10.1. The Labute approximate surface area is 287 Å². The van der Waals surface area contributed by atoms with E-state index in [-0.39, 0.29) is 0 Å². The molecule has 0 unspecified atom stereocenters. The topological polar surface area (TPSA) is 61.4 Å². The van der Waals surface area contributed by atoms with Crippen LogP contribution in [-0.4, -0.2) is 29.1 Å². The van der Waals surface area contributed by atoms with Crippen LogP contribution in [0.4, 0.5) is 0 Å². The van der Waals surface area contributed by atoms with Crippen molar-refractivity contribution >= 4 is 43.7 Å². The zero-order valence-electron chi connectivity index (χ0n) is 26.8. The summed E-state index contributed by atoms with van der Waals surface area (Å²) >= 11 is 0. The molecule has 0 saturated heterocycles. The molecule has 10 rings (SSSR count). The lowest BCUT2D eigenvalue weighted by Crippen LogP contribution is -1.96. The summed E-state index contributed by atoms with van der Waals surface area (Å²) in [5.41, 5.74) is 13.2. The predicted octanol–water partition coefficient (Wildman–Crippen LogP) is 10.5. The van der Waals surface area contributed by atoms with E-state index in [2.05, 4.69) is 153 Å². The Bertz CT molecular complexity index is 2770. The Morgan fingerprint density at radius 1 is 0.380 bits per heavy atom. The molecule has 0 amide bonds. The maximum Gasteiger partial charge on any atom is 0.0963 e. The number of benzene rings is 4. The lowest BCUT2D eigenvalue weighted by Gasteiger charge is -2.11. The molecule has 4 aromatic carbocycles. The molecule has 6 heteroatoms. The Kier molecular flexibility index (Phi) is 6.39. The van der Waals surface area contributed by atoms with Gasteiger partial charge in [0, 0.05) is 57.3 Å². The number of hydrogen-bond acceptors (Lipinski definition) is 4. The van der Waals surface area contributed by atoms with Crippen LogP contribution in [0, 0.1) is 0 Å². The van der Waals surface area contributed by atoms with Gasteiger partial charge >= 0.3 is 0 Å². The molecule has 0 aliphatic rings. The first-order valence-electron chi connectivity index (χ1n) is 16.6. The van der Waals surface area contributed by atoms with Crippen LogP contribution in [0.1, 0.15) is 0 Å². The number of aromatic nitrogens is 6. The second-order valence-electron chi connectivity index (χ2n) is 12.4. The minimum Gasteiger partial charge on any atom is -0.309 e. The van der Waals surface area contributed by atoms with Gasteiger partial charge in [0.05, 0.1) is 50.4 Å². The van der Waals surface area contributed by atoms with Gasteiger partial charge < -0.3 is 9.13 Å². The molecule has 0 fully saturated rings. The van der Waals surface area contributed by atoms with E-state index in [1.54, 1.807) is 0 Å². The number of para-hydroxylation sites is 2. The van der Waals surface area contributed by atoms with Gasteiger partial charge in [-0.1, -0.05) is 72.8 Å². The molecule has 0 radical (unpaired) electrons. The maximum absolute atomic E-state index is 5.11. The van der Waals surface area contributed by atoms with Gasteiger partial charge in [-0.3, -0.25) is 9.97 Å². The van der Waals surface area contributed by atoms with E-state index >= 15 is 0 Å². The van der Waals surface area contributed by atoms with Crippen molar-refractivity contribution in [2.75, 3.05) is 0 Å². The second-order valence-corrected chi connectivity index (χ2v) is 12.4. The zero-order chi connectivity index (χ0) is 33.0. The van der Waals surface area contributed by atoms with Crippen molar-refractivity contribution in [3.63, 3.8) is 0 Å². The minimum atomic E-state index is 0.826. The molecule has 10 aromatic rings. The lowest BCUT2D eigenvalue weighted by molar-refractivity contribution is 1.17. The molecule has 0 aliphatic carbocycles. The number of fused-ring (bicyclic) bond motifs is 6. The van der Waals surface area contributed by atoms with Gasteiger partial charge in [-0.25, -0.2) is 9.97 Å². The highest BCUT2D eigenvalue weighted by Crippen LogP contribution is 2.34. The number of hydrogen-bond donors (Lipinski definition) is 0. The third-order valence-corrected chi connectivity index (χ3v) is 9.48. The van der Waals surface area contributed by atoms with Gasteiger partial charge in [0.1, 0.15) is 0 Å². The highest BCUT2D eigenvalue weighted by atomic mass is 15.0. The molecule has 6 aromatic heterocycles. The molecule has 50 heavy (non-hydrogen) atoms. The van der Waals surface area contributed by atoms with Gasteiger partial charge in [-0.05, 0) is 78.9 Å². The van der Waals surface area contributed by atoms with Gasteiger partial charge in [0.25, 0.3) is 0 Å². The zero-order valence-corrected chi connectivity index (χ0v) is 26.8. The Balaban J connectivity index is 0.993. The highest BCUT2D eigenvalue weighted by molar-refractivity contribution is 6.09. The summed E-state index contributed by atoms with van der Waals surface area (Å²) in [6.07, 6.45) is 5.65. The number of nitrogens with zero attached hydrogens (tertiary/aromatic N) is 6. The van der Waals surface area contributed by atoms with Crippen LogP contribution in [-0.2, 0) is 0 Å². The molecule has 6 nitrogen and oxygen atoms in total. The van der Waals surface area contributed by atoms with Crippen LogP contribution in [0.2, 0.25) is 0 Å². The average Bonchev–Trinajstić information content (AvgIpc) is 3.71. The van der Waals surface area contributed by atoms with Crippen molar-refractivity contribution in [1.82, 2.24) is 29.1 Å². The molecule has 6 heterocycles. The predicted molar refractivity (Wildman–Crippen MR) is 203 cm³/mol. The van der Waals surface area contributed by atoms with Crippen LogP contribution in [0.3, 0.4) is 0 Å². The second kappa shape index (κ2) is 11.4. The minimum absolute atomic E-state index is 0.826. The van der Waals surface area contributed by atoms with Gasteiger partial charge in [-0.2, -0.15) is 0 Å². The summed E-state index contributed by atoms with van der Waals surface area (Å²) < 4.78 is 4.57. The monoisotopic (exact) mass is 640 g/mol. The van der Waals surface area contributed by atoms with Gasteiger partial charge in [0.2, 0.25) is 0 Å². The van der Waals surface area contributed by atoms with Crippen LogP contribution in [0.5, 0.6) is 0 Å². The first-order chi connectivity index (χ1) is 24.8. The van der Waals surface area contributed by atoms with Gasteiger partial charge in [-0.15, -0.1) is 0 Å². The molecule has 0 atom stereocenters. The highest BCUT2D eigenvalue weighted by Gasteiger charge is 2.15. The quantitative estimate of drug-likeness (QED) is 0.188. The van der Waals surface area contributed by atoms with E-state index < -0.39 is 0 Å². The molecule has 0 aliphatic heterocycles. The third kappa shape index (κ3) is 4.50. The summed E-state index contributed by atoms with van der Waals surface area (Å²) in [5.74, 6) is 0. The maximum atomic E-state index is 5.11. The van der Waals surface area contributed by atoms with E-state index in [4.69, 9.17) is 9.97 Å². The van der Waals surface area contributed by atoms with E-state index in [1.807, 2.05) is 36.8 Å². The summed E-state index contributed by atoms with van der Waals surface area (Å²) in [7, 11) is 0. The van der Waals surface area contributed by atoms with Crippen molar-refractivity contribution in [1.29, 1.82) is 0 Å². The Morgan fingerprint density at radius 2 is 1.00 bits per heavy atom. The molecular formula is C44H28N6. The average molecular weight is 641 g/mol. The molecule has 0 bridgehead atoms. The smallest absolute Gasteiger partial charge is 0.0963 e. The van der Waals surface area contributed by atoms with Crippen molar-refractivity contribution in [2.24, 2.45) is 0 Å². The van der Waals surface area contributed by atoms with Crippen molar-refractivity contribution in [2.45, 2.75) is 0 Å². The molecule has 234 valence electrons. The first kappa shape index (κ1) is 28.1. The number of pyridine rings is 4. The SMILES string of the molecule is c1cc(-c2cccc(-c3cccc(-c4ccc(-n5c6ccccc6c6ncccc65)cc4)n3)n2)cc(-n2c3ccccc3c3cnccc32)c1. The third-order valence-electron chi connectivity index (χ3n) is 9.48. The Morgan fingerprint density at radius 3 is 1.80 bits per heavy atom. The van der Waals surface area contributed by atoms with Crippen LogP contribution in [0.15, 0.2) is 170 Å². The van der Waals surface area contributed by atoms with Crippen LogP contribution >= 0.6 is 0 Å². The molecular weight excluding hydrogens is 613 g/mol. The van der Waals surface area contributed by atoms with E-state index in [0.29, 0.717) is 0 Å². The van der Waals surface area contributed by atoms with Gasteiger partial charge in [0.15, 0.2) is 0 Å². The van der Waals surface area contributed by atoms with E-state index in [9.17, 15) is 0 Å². The fraction of sp³-hybridized carbons (Fsp3) is 0. The molecule has 0 N–H and O–H groups in total. The van der Waals surface area contributed by atoms with Crippen molar-refractivity contribution < 1.29 is 0 Å².